The number of thiazole rings is 1. The van der Waals surface area contributed by atoms with Gasteiger partial charge < -0.3 is 25.4 Å². The highest BCUT2D eigenvalue weighted by Gasteiger charge is 2.44. The number of thioether (sulfide) groups is 1. The van der Waals surface area contributed by atoms with Gasteiger partial charge in [-0.1, -0.05) is 36.7 Å². The van der Waals surface area contributed by atoms with E-state index in [1.165, 1.54) is 15.6 Å². The number of rotatable bonds is 6. The second-order valence-corrected chi connectivity index (χ2v) is 11.9. The summed E-state index contributed by atoms with van der Waals surface area (Å²) in [5.41, 5.74) is 1.88. The van der Waals surface area contributed by atoms with E-state index in [0.717, 1.165) is 35.5 Å². The van der Waals surface area contributed by atoms with Crippen LogP contribution < -0.4 is 5.32 Å². The number of halogens is 1. The van der Waals surface area contributed by atoms with E-state index in [1.54, 1.807) is 23.1 Å². The molecule has 6 unspecified atom stereocenters. The Kier molecular flexibility index (Phi) is 6.75. The molecule has 4 aromatic rings. The highest BCUT2D eigenvalue weighted by molar-refractivity contribution is 8.01. The number of nitrogens with zero attached hydrogens (tertiary/aromatic N) is 5. The van der Waals surface area contributed by atoms with Crippen molar-refractivity contribution in [3.8, 4) is 0 Å². The molecule has 6 atom stereocenters. The van der Waals surface area contributed by atoms with Crippen LogP contribution >= 0.6 is 34.7 Å². The van der Waals surface area contributed by atoms with Crippen molar-refractivity contribution in [3.05, 3.63) is 35.9 Å². The minimum Gasteiger partial charge on any atom is -0.394 e. The molecule has 1 aliphatic carbocycles. The number of hydrogen-bond acceptors (Lipinski definition) is 11. The first kappa shape index (κ1) is 24.3. The Morgan fingerprint density at radius 1 is 1.14 bits per heavy atom. The van der Waals surface area contributed by atoms with E-state index in [2.05, 4.69) is 26.3 Å². The molecule has 1 saturated carbocycles. The minimum absolute atomic E-state index is 0.0321. The van der Waals surface area contributed by atoms with Gasteiger partial charge in [0, 0.05) is 11.3 Å². The van der Waals surface area contributed by atoms with Crippen molar-refractivity contribution in [2.75, 3.05) is 11.9 Å². The zero-order valence-electron chi connectivity index (χ0n) is 19.1. The number of nitrogens with one attached hydrogen (secondary N) is 1. The van der Waals surface area contributed by atoms with Crippen LogP contribution in [0.4, 0.5) is 5.82 Å². The number of anilines is 1. The Morgan fingerprint density at radius 3 is 2.78 bits per heavy atom. The minimum atomic E-state index is -1.25. The van der Waals surface area contributed by atoms with Crippen LogP contribution in [0.1, 0.15) is 31.9 Å². The molecule has 0 bridgehead atoms. The predicted molar refractivity (Wildman–Crippen MR) is 138 cm³/mol. The summed E-state index contributed by atoms with van der Waals surface area (Å²) in [6.07, 6.45) is 1.42. The Balaban J connectivity index is 1.27. The van der Waals surface area contributed by atoms with E-state index in [1.807, 2.05) is 18.2 Å². The van der Waals surface area contributed by atoms with Crippen LogP contribution in [0, 0.1) is 0 Å². The summed E-state index contributed by atoms with van der Waals surface area (Å²) in [5.74, 6) is 0.511. The standard InChI is InChI=1S/C23H25ClN6O4S2/c24-22-28-19(16-20(29-22)30(10-25-16)21-18(33)17(32)13(9-31)34-21)26-11-5-1-3-7-14(11)35-23-27-12-6-2-4-8-15(12)36-23/h2,4,6,8,10-11,13-14,17-18,21,31-33H,1,3,5,7,9H2,(H,26,28,29). The maximum Gasteiger partial charge on any atom is 0.226 e. The van der Waals surface area contributed by atoms with Crippen LogP contribution in [-0.4, -0.2) is 76.0 Å². The number of aliphatic hydroxyl groups is 3. The maximum absolute atomic E-state index is 10.5. The topological polar surface area (TPSA) is 138 Å². The van der Waals surface area contributed by atoms with Gasteiger partial charge in [-0.2, -0.15) is 9.97 Å². The molecule has 1 aliphatic heterocycles. The van der Waals surface area contributed by atoms with Crippen LogP contribution in [0.3, 0.4) is 0 Å². The van der Waals surface area contributed by atoms with Gasteiger partial charge in [0.15, 0.2) is 27.5 Å². The number of aromatic nitrogens is 5. The van der Waals surface area contributed by atoms with Crippen molar-refractivity contribution < 1.29 is 20.1 Å². The van der Waals surface area contributed by atoms with Crippen molar-refractivity contribution in [1.82, 2.24) is 24.5 Å². The highest BCUT2D eigenvalue weighted by Crippen LogP contribution is 2.39. The van der Waals surface area contributed by atoms with Gasteiger partial charge in [0.25, 0.3) is 0 Å². The molecule has 2 aliphatic rings. The molecule has 36 heavy (non-hydrogen) atoms. The molecular formula is C23H25ClN6O4S2. The van der Waals surface area contributed by atoms with E-state index in [0.29, 0.717) is 22.2 Å². The third-order valence-electron chi connectivity index (χ3n) is 6.74. The van der Waals surface area contributed by atoms with Gasteiger partial charge in [0.2, 0.25) is 5.28 Å². The smallest absolute Gasteiger partial charge is 0.226 e. The quantitative estimate of drug-likeness (QED) is 0.266. The Labute approximate surface area is 219 Å². The monoisotopic (exact) mass is 548 g/mol. The molecule has 190 valence electrons. The van der Waals surface area contributed by atoms with Gasteiger partial charge in [-0.25, -0.2) is 9.97 Å². The summed E-state index contributed by atoms with van der Waals surface area (Å²) < 4.78 is 9.42. The lowest BCUT2D eigenvalue weighted by Gasteiger charge is -2.31. The number of para-hydroxylation sites is 1. The van der Waals surface area contributed by atoms with E-state index in [-0.39, 0.29) is 11.3 Å². The van der Waals surface area contributed by atoms with Gasteiger partial charge in [0.1, 0.15) is 18.3 Å². The first-order chi connectivity index (χ1) is 17.5. The van der Waals surface area contributed by atoms with Crippen LogP contribution in [-0.2, 0) is 4.74 Å². The normalized spacial score (nSPS) is 28.8. The van der Waals surface area contributed by atoms with E-state index >= 15 is 0 Å². The molecule has 1 aromatic carbocycles. The Morgan fingerprint density at radius 2 is 1.97 bits per heavy atom. The average molecular weight is 549 g/mol. The molecule has 6 rings (SSSR count). The molecule has 4 heterocycles. The largest absolute Gasteiger partial charge is 0.394 e. The Bertz CT molecular complexity index is 1350. The van der Waals surface area contributed by atoms with Crippen molar-refractivity contribution in [2.45, 2.75) is 65.9 Å². The van der Waals surface area contributed by atoms with Crippen molar-refractivity contribution in [2.24, 2.45) is 0 Å². The van der Waals surface area contributed by atoms with Gasteiger partial charge >= 0.3 is 0 Å². The van der Waals surface area contributed by atoms with Crippen LogP contribution in [0.25, 0.3) is 21.4 Å². The summed E-state index contributed by atoms with van der Waals surface area (Å²) >= 11 is 9.80. The summed E-state index contributed by atoms with van der Waals surface area (Å²) in [6.45, 7) is -0.417. The molecule has 1 saturated heterocycles. The molecule has 13 heteroatoms. The molecule has 2 fully saturated rings. The SMILES string of the molecule is OCC1OC(n2cnc3c(NC4CCCCC4Sc4nc5ccccc5s4)nc(Cl)nc32)C(O)C1O. The molecule has 10 nitrogen and oxygen atoms in total. The molecule has 0 spiro atoms. The number of ether oxygens (including phenoxy) is 1. The van der Waals surface area contributed by atoms with Crippen molar-refractivity contribution in [3.63, 3.8) is 0 Å². The van der Waals surface area contributed by atoms with E-state index in [9.17, 15) is 15.3 Å². The molecule has 4 N–H and O–H groups in total. The third kappa shape index (κ3) is 4.44. The summed E-state index contributed by atoms with van der Waals surface area (Å²) in [6, 6.07) is 8.30. The predicted octanol–water partition coefficient (Wildman–Crippen LogP) is 3.22. The van der Waals surface area contributed by atoms with Gasteiger partial charge in [-0.15, -0.1) is 11.3 Å². The number of hydrogen-bond donors (Lipinski definition) is 4. The zero-order valence-corrected chi connectivity index (χ0v) is 21.5. The van der Waals surface area contributed by atoms with Gasteiger partial charge in [-0.05, 0) is 36.6 Å². The Hall–Kier alpha value is -2.06. The van der Waals surface area contributed by atoms with Gasteiger partial charge in [-0.3, -0.25) is 4.57 Å². The fourth-order valence-corrected chi connectivity index (χ4v) is 7.65. The van der Waals surface area contributed by atoms with Gasteiger partial charge in [0.05, 0.1) is 23.2 Å². The van der Waals surface area contributed by atoms with Crippen molar-refractivity contribution >= 4 is 61.9 Å². The number of aliphatic hydroxyl groups excluding tert-OH is 3. The summed E-state index contributed by atoms with van der Waals surface area (Å²) in [5, 5.41) is 34.0. The summed E-state index contributed by atoms with van der Waals surface area (Å²) in [4.78, 5) is 18.0. The number of imidazole rings is 1. The lowest BCUT2D eigenvalue weighted by Crippen LogP contribution is -2.34. The second kappa shape index (κ2) is 10.0. The van der Waals surface area contributed by atoms with Crippen LogP contribution in [0.15, 0.2) is 34.9 Å². The second-order valence-electron chi connectivity index (χ2n) is 9.03. The molecule has 3 aromatic heterocycles. The molecular weight excluding hydrogens is 524 g/mol. The first-order valence-electron chi connectivity index (χ1n) is 11.8. The fraction of sp³-hybridized carbons (Fsp3) is 0.478. The highest BCUT2D eigenvalue weighted by atomic mass is 35.5. The molecule has 0 amide bonds. The lowest BCUT2D eigenvalue weighted by molar-refractivity contribution is -0.0511. The zero-order chi connectivity index (χ0) is 24.8. The van der Waals surface area contributed by atoms with E-state index in [4.69, 9.17) is 21.3 Å². The fourth-order valence-electron chi connectivity index (χ4n) is 4.90. The number of benzene rings is 1. The first-order valence-corrected chi connectivity index (χ1v) is 13.9. The van der Waals surface area contributed by atoms with Crippen LogP contribution in [0.2, 0.25) is 5.28 Å². The molecule has 0 radical (unpaired) electrons. The number of fused-ring (bicyclic) bond motifs is 2. The van der Waals surface area contributed by atoms with E-state index < -0.39 is 31.1 Å². The average Bonchev–Trinajstić information content (AvgIpc) is 3.56. The summed E-state index contributed by atoms with van der Waals surface area (Å²) in [7, 11) is 0. The lowest BCUT2D eigenvalue weighted by atomic mass is 9.95. The maximum atomic E-state index is 10.5. The van der Waals surface area contributed by atoms with Crippen molar-refractivity contribution in [1.29, 1.82) is 0 Å². The third-order valence-corrected chi connectivity index (χ3v) is 9.44. The van der Waals surface area contributed by atoms with Crippen LogP contribution in [0.5, 0.6) is 0 Å².